The predicted octanol–water partition coefficient (Wildman–Crippen LogP) is 2.10. The Labute approximate surface area is 238 Å². The summed E-state index contributed by atoms with van der Waals surface area (Å²) in [6, 6.07) is 8.85. The first-order valence-corrected chi connectivity index (χ1v) is 12.0. The number of carbonyl (C=O) groups excluding carboxylic acids is 2. The van der Waals surface area contributed by atoms with Crippen LogP contribution in [0, 0.1) is 5.92 Å². The van der Waals surface area contributed by atoms with Crippen LogP contribution in [0.25, 0.3) is 0 Å². The molecular formula is C27H30O15. The van der Waals surface area contributed by atoms with Crippen LogP contribution in [-0.4, -0.2) is 90.7 Å². The lowest BCUT2D eigenvalue weighted by Gasteiger charge is -1.97. The fourth-order valence-electron chi connectivity index (χ4n) is 2.61. The van der Waals surface area contributed by atoms with E-state index in [1.165, 1.54) is 30.3 Å². The molecule has 7 N–H and O–H groups in total. The third kappa shape index (κ3) is 14.3. The molecule has 1 aliphatic heterocycles. The summed E-state index contributed by atoms with van der Waals surface area (Å²) in [7, 11) is 0. The molecule has 0 bridgehead atoms. The summed E-state index contributed by atoms with van der Waals surface area (Å²) >= 11 is 0. The van der Waals surface area contributed by atoms with Crippen LogP contribution in [-0.2, 0) is 14.3 Å². The van der Waals surface area contributed by atoms with Gasteiger partial charge in [-0.15, -0.1) is 0 Å². The van der Waals surface area contributed by atoms with Crippen LogP contribution in [0.3, 0.4) is 0 Å². The minimum absolute atomic E-state index is 0.00917. The van der Waals surface area contributed by atoms with Crippen LogP contribution in [0.4, 0.5) is 0 Å². The first kappa shape index (κ1) is 36.8. The lowest BCUT2D eigenvalue weighted by Crippen LogP contribution is -2.04. The van der Waals surface area contributed by atoms with Crippen molar-refractivity contribution < 1.29 is 74.0 Å². The second-order valence-corrected chi connectivity index (χ2v) is 8.40. The van der Waals surface area contributed by atoms with Crippen molar-refractivity contribution in [3.63, 3.8) is 0 Å². The Morgan fingerprint density at radius 2 is 1.05 bits per heavy atom. The van der Waals surface area contributed by atoms with E-state index in [1.54, 1.807) is 6.92 Å². The van der Waals surface area contributed by atoms with Gasteiger partial charge in [0.05, 0.1) is 27.8 Å². The highest BCUT2D eigenvalue weighted by atomic mass is 16.6. The topological polar surface area (TPSA) is 270 Å². The van der Waals surface area contributed by atoms with Crippen molar-refractivity contribution in [2.45, 2.75) is 32.6 Å². The Kier molecular flexibility index (Phi) is 16.7. The van der Waals surface area contributed by atoms with Gasteiger partial charge in [0.2, 0.25) is 0 Å². The summed E-state index contributed by atoms with van der Waals surface area (Å²) in [5.74, 6) is -6.63. The first-order chi connectivity index (χ1) is 19.6. The van der Waals surface area contributed by atoms with E-state index in [2.05, 4.69) is 4.74 Å². The average molecular weight is 595 g/mol. The number of aliphatic hydroxyl groups excluding tert-OH is 2. The Hall–Kier alpha value is -5.15. The molecule has 2 aromatic carbocycles. The van der Waals surface area contributed by atoms with Gasteiger partial charge in [0.15, 0.2) is 0 Å². The maximum absolute atomic E-state index is 11.0. The molecule has 1 heterocycles. The highest BCUT2D eigenvalue weighted by molar-refractivity contribution is 6.15. The van der Waals surface area contributed by atoms with E-state index in [9.17, 15) is 33.6 Å². The molecule has 0 fully saturated rings. The number of aliphatic hydroxyl groups is 2. The highest BCUT2D eigenvalue weighted by Gasteiger charge is 2.30. The van der Waals surface area contributed by atoms with Gasteiger partial charge in [-0.3, -0.25) is 9.59 Å². The molecule has 15 heteroatoms. The summed E-state index contributed by atoms with van der Waals surface area (Å²) in [5.41, 5.74) is 0.0371. The molecule has 2 aromatic rings. The van der Waals surface area contributed by atoms with Crippen molar-refractivity contribution in [2.75, 3.05) is 13.2 Å². The molecule has 0 aromatic heterocycles. The minimum Gasteiger partial charge on any atom is -0.481 e. The fourth-order valence-corrected chi connectivity index (χ4v) is 2.61. The number of aromatic carboxylic acids is 3. The SMILES string of the molecule is CC(CO)CO.O=C(O)CCCCC(=O)O.O=C(O)c1ccc2c(c1)C(=O)OC2=O.O=C(O)c1cccc(C(=O)O)c1. The zero-order valence-electron chi connectivity index (χ0n) is 22.3. The van der Waals surface area contributed by atoms with Gasteiger partial charge in [-0.05, 0) is 49.2 Å². The summed E-state index contributed by atoms with van der Waals surface area (Å²) < 4.78 is 4.30. The van der Waals surface area contributed by atoms with Crippen molar-refractivity contribution in [3.8, 4) is 0 Å². The van der Waals surface area contributed by atoms with E-state index in [0.29, 0.717) is 12.8 Å². The van der Waals surface area contributed by atoms with Gasteiger partial charge < -0.3 is 40.5 Å². The number of rotatable bonds is 10. The molecule has 0 spiro atoms. The molecule has 0 unspecified atom stereocenters. The average Bonchev–Trinajstić information content (AvgIpc) is 3.23. The molecule has 0 saturated heterocycles. The van der Waals surface area contributed by atoms with Crippen LogP contribution in [0.15, 0.2) is 42.5 Å². The van der Waals surface area contributed by atoms with E-state index in [1.807, 2.05) is 0 Å². The molecule has 0 atom stereocenters. The molecule has 3 rings (SSSR count). The first-order valence-electron chi connectivity index (χ1n) is 12.0. The Bertz CT molecular complexity index is 1230. The molecular weight excluding hydrogens is 564 g/mol. The lowest BCUT2D eigenvalue weighted by molar-refractivity contribution is -0.139. The molecule has 228 valence electrons. The molecule has 1 aliphatic rings. The fraction of sp³-hybridized carbons (Fsp3) is 0.296. The summed E-state index contributed by atoms with van der Waals surface area (Å²) in [4.78, 5) is 73.1. The van der Waals surface area contributed by atoms with Crippen LogP contribution in [0.5, 0.6) is 0 Å². The normalized spacial score (nSPS) is 10.9. The van der Waals surface area contributed by atoms with Gasteiger partial charge in [-0.2, -0.15) is 0 Å². The largest absolute Gasteiger partial charge is 0.481 e. The van der Waals surface area contributed by atoms with Gasteiger partial charge >= 0.3 is 41.8 Å². The van der Waals surface area contributed by atoms with Crippen molar-refractivity contribution in [1.29, 1.82) is 0 Å². The Morgan fingerprint density at radius 3 is 1.40 bits per heavy atom. The van der Waals surface area contributed by atoms with Gasteiger partial charge in [-0.1, -0.05) is 13.0 Å². The van der Waals surface area contributed by atoms with E-state index in [4.69, 9.17) is 35.7 Å². The van der Waals surface area contributed by atoms with E-state index < -0.39 is 41.8 Å². The number of unbranched alkanes of at least 4 members (excludes halogenated alkanes) is 1. The molecule has 15 nitrogen and oxygen atoms in total. The number of aliphatic carboxylic acids is 2. The van der Waals surface area contributed by atoms with Gasteiger partial charge in [-0.25, -0.2) is 24.0 Å². The van der Waals surface area contributed by atoms with Crippen molar-refractivity contribution >= 4 is 41.8 Å². The maximum atomic E-state index is 11.0. The number of hydrogen-bond donors (Lipinski definition) is 7. The van der Waals surface area contributed by atoms with Crippen LogP contribution >= 0.6 is 0 Å². The predicted molar refractivity (Wildman–Crippen MR) is 141 cm³/mol. The van der Waals surface area contributed by atoms with Crippen molar-refractivity contribution in [2.24, 2.45) is 5.92 Å². The number of ether oxygens (including phenoxy) is 1. The smallest absolute Gasteiger partial charge is 0.346 e. The third-order valence-corrected chi connectivity index (χ3v) is 4.90. The van der Waals surface area contributed by atoms with Gasteiger partial charge in [0, 0.05) is 32.0 Å². The number of esters is 2. The van der Waals surface area contributed by atoms with E-state index >= 15 is 0 Å². The number of cyclic esters (lactones) is 2. The number of carbonyl (C=O) groups is 7. The summed E-state index contributed by atoms with van der Waals surface area (Å²) in [6.45, 7) is 1.94. The number of carboxylic acid groups (broad SMARTS) is 5. The number of hydrogen-bond acceptors (Lipinski definition) is 10. The molecule has 42 heavy (non-hydrogen) atoms. The zero-order valence-corrected chi connectivity index (χ0v) is 22.3. The van der Waals surface area contributed by atoms with Crippen molar-refractivity contribution in [1.82, 2.24) is 0 Å². The zero-order chi connectivity index (χ0) is 32.4. The molecule has 0 radical (unpaired) electrons. The standard InChI is InChI=1S/C9H4O5.C8H6O4.C6H10O4.C4H10O2/c10-7(11)4-1-2-5-6(3-4)9(13)14-8(5)12;9-7(10)5-2-1-3-6(4-5)8(11)12;7-5(8)3-1-2-4-6(9)10;1-4(2-5)3-6/h1-3H,(H,10,11);1-4H,(H,9,10)(H,11,12);1-4H2,(H,7,8)(H,9,10);4-6H,2-3H2,1H3. The molecule has 0 amide bonds. The molecule has 0 saturated carbocycles. The quantitative estimate of drug-likeness (QED) is 0.118. The van der Waals surface area contributed by atoms with Crippen molar-refractivity contribution in [3.05, 3.63) is 70.3 Å². The second-order valence-electron chi connectivity index (χ2n) is 8.40. The second kappa shape index (κ2) is 19.0. The minimum atomic E-state index is -1.15. The maximum Gasteiger partial charge on any atom is 0.346 e. The number of benzene rings is 2. The van der Waals surface area contributed by atoms with E-state index in [-0.39, 0.29) is 59.8 Å². The third-order valence-electron chi connectivity index (χ3n) is 4.90. The van der Waals surface area contributed by atoms with Crippen LogP contribution < -0.4 is 0 Å². The van der Waals surface area contributed by atoms with Crippen LogP contribution in [0.1, 0.15) is 84.4 Å². The monoisotopic (exact) mass is 594 g/mol. The van der Waals surface area contributed by atoms with Gasteiger partial charge in [0.25, 0.3) is 0 Å². The lowest BCUT2D eigenvalue weighted by atomic mass is 10.1. The Morgan fingerprint density at radius 1 is 0.643 bits per heavy atom. The number of carboxylic acids is 5. The summed E-state index contributed by atoms with van der Waals surface area (Å²) in [6.07, 6.45) is 1.02. The van der Waals surface area contributed by atoms with Gasteiger partial charge in [0.1, 0.15) is 0 Å². The van der Waals surface area contributed by atoms with E-state index in [0.717, 1.165) is 12.1 Å². The molecule has 0 aliphatic carbocycles. The highest BCUT2D eigenvalue weighted by Crippen LogP contribution is 2.21. The summed E-state index contributed by atoms with van der Waals surface area (Å²) in [5, 5.41) is 58.2. The number of fused-ring (bicyclic) bond motifs is 1. The van der Waals surface area contributed by atoms with Crippen LogP contribution in [0.2, 0.25) is 0 Å². The Balaban J connectivity index is 0.000000556.